The number of nitrogens with zero attached hydrogens (tertiary/aromatic N) is 5. The van der Waals surface area contributed by atoms with Gasteiger partial charge in [0, 0.05) is 48.7 Å². The molecule has 0 bridgehead atoms. The van der Waals surface area contributed by atoms with Crippen LogP contribution in [0.3, 0.4) is 0 Å². The smallest absolute Gasteiger partial charge is 0.266 e. The average Bonchev–Trinajstić information content (AvgIpc) is 3.35. The van der Waals surface area contributed by atoms with Crippen LogP contribution < -0.4 is 10.5 Å². The van der Waals surface area contributed by atoms with Crippen molar-refractivity contribution in [3.8, 4) is 0 Å². The quantitative estimate of drug-likeness (QED) is 0.838. The molecule has 6 nitrogen and oxygen atoms in total. The molecule has 3 aliphatic rings. The second-order valence-electron chi connectivity index (χ2n) is 7.75. The van der Waals surface area contributed by atoms with Crippen LogP contribution in [0.15, 0.2) is 29.3 Å². The third-order valence-electron chi connectivity index (χ3n) is 5.79. The summed E-state index contributed by atoms with van der Waals surface area (Å²) < 4.78 is 1.66. The zero-order chi connectivity index (χ0) is 16.8. The fourth-order valence-corrected chi connectivity index (χ4v) is 3.77. The molecule has 0 atom stereocenters. The van der Waals surface area contributed by atoms with Crippen molar-refractivity contribution in [2.75, 3.05) is 18.0 Å². The van der Waals surface area contributed by atoms with E-state index in [2.05, 4.69) is 26.0 Å². The number of rotatable bonds is 5. The molecule has 0 N–H and O–H groups in total. The van der Waals surface area contributed by atoms with Gasteiger partial charge in [-0.1, -0.05) is 6.42 Å². The van der Waals surface area contributed by atoms with Crippen molar-refractivity contribution in [2.24, 2.45) is 5.92 Å². The van der Waals surface area contributed by atoms with Crippen LogP contribution >= 0.6 is 0 Å². The van der Waals surface area contributed by atoms with Crippen LogP contribution in [0.25, 0.3) is 0 Å². The maximum Gasteiger partial charge on any atom is 0.266 e. The largest absolute Gasteiger partial charge is 0.356 e. The maximum atomic E-state index is 12.1. The van der Waals surface area contributed by atoms with E-state index in [0.29, 0.717) is 24.3 Å². The van der Waals surface area contributed by atoms with Gasteiger partial charge >= 0.3 is 0 Å². The van der Waals surface area contributed by atoms with Crippen molar-refractivity contribution in [1.29, 1.82) is 0 Å². The van der Waals surface area contributed by atoms with Gasteiger partial charge in [-0.15, -0.1) is 0 Å². The summed E-state index contributed by atoms with van der Waals surface area (Å²) in [6, 6.07) is 5.72. The van der Waals surface area contributed by atoms with E-state index in [1.807, 2.05) is 6.07 Å². The Kier molecular flexibility index (Phi) is 3.57. The number of anilines is 1. The fraction of sp³-hybridized carbons (Fsp3) is 0.579. The topological polar surface area (TPSA) is 63.9 Å². The lowest BCUT2D eigenvalue weighted by atomic mass is 9.83. The zero-order valence-corrected chi connectivity index (χ0v) is 14.3. The van der Waals surface area contributed by atoms with Crippen LogP contribution in [0.4, 0.5) is 5.82 Å². The van der Waals surface area contributed by atoms with Gasteiger partial charge in [-0.3, -0.25) is 4.79 Å². The van der Waals surface area contributed by atoms with E-state index in [4.69, 9.17) is 0 Å². The van der Waals surface area contributed by atoms with Crippen molar-refractivity contribution in [3.05, 3.63) is 46.3 Å². The minimum atomic E-state index is 0.0113. The number of aromatic nitrogens is 4. The summed E-state index contributed by atoms with van der Waals surface area (Å²) >= 11 is 0. The fourth-order valence-electron chi connectivity index (χ4n) is 3.77. The van der Waals surface area contributed by atoms with Gasteiger partial charge in [0.15, 0.2) is 0 Å². The molecule has 1 aliphatic heterocycles. The van der Waals surface area contributed by atoms with Gasteiger partial charge in [-0.05, 0) is 31.7 Å². The number of hydrogen-bond acceptors (Lipinski definition) is 5. The third kappa shape index (κ3) is 2.94. The van der Waals surface area contributed by atoms with Crippen molar-refractivity contribution in [3.63, 3.8) is 0 Å². The summed E-state index contributed by atoms with van der Waals surface area (Å²) in [6.45, 7) is 2.57. The van der Waals surface area contributed by atoms with E-state index in [1.54, 1.807) is 17.1 Å². The van der Waals surface area contributed by atoms with Crippen LogP contribution in [-0.2, 0) is 6.54 Å². The van der Waals surface area contributed by atoms with Gasteiger partial charge in [-0.2, -0.15) is 5.10 Å². The minimum Gasteiger partial charge on any atom is -0.356 e. The van der Waals surface area contributed by atoms with Gasteiger partial charge in [-0.25, -0.2) is 14.6 Å². The monoisotopic (exact) mass is 337 g/mol. The molecule has 1 saturated heterocycles. The molecule has 2 saturated carbocycles. The highest BCUT2D eigenvalue weighted by Gasteiger charge is 2.31. The molecular formula is C19H23N5O. The van der Waals surface area contributed by atoms with Gasteiger partial charge < -0.3 is 4.90 Å². The molecule has 2 aromatic rings. The highest BCUT2D eigenvalue weighted by atomic mass is 16.1. The second-order valence-corrected chi connectivity index (χ2v) is 7.75. The molecule has 0 aromatic carbocycles. The number of hydrogen-bond donors (Lipinski definition) is 0. The van der Waals surface area contributed by atoms with E-state index in [1.165, 1.54) is 37.8 Å². The van der Waals surface area contributed by atoms with Crippen LogP contribution in [-0.4, -0.2) is 32.8 Å². The van der Waals surface area contributed by atoms with Crippen molar-refractivity contribution in [2.45, 2.75) is 50.5 Å². The first-order valence-electron chi connectivity index (χ1n) is 9.41. The van der Waals surface area contributed by atoms with E-state index in [-0.39, 0.29) is 5.56 Å². The molecule has 2 aromatic heterocycles. The normalized spacial score (nSPS) is 21.0. The van der Waals surface area contributed by atoms with E-state index < -0.39 is 0 Å². The Morgan fingerprint density at radius 2 is 1.80 bits per heavy atom. The van der Waals surface area contributed by atoms with Crippen LogP contribution in [0.1, 0.15) is 55.3 Å². The van der Waals surface area contributed by atoms with Gasteiger partial charge in [0.25, 0.3) is 5.56 Å². The third-order valence-corrected chi connectivity index (χ3v) is 5.79. The molecular weight excluding hydrogens is 314 g/mol. The second kappa shape index (κ2) is 5.93. The van der Waals surface area contributed by atoms with Crippen LogP contribution in [0, 0.1) is 5.92 Å². The Balaban J connectivity index is 1.23. The first kappa shape index (κ1) is 15.0. The molecule has 3 heterocycles. The van der Waals surface area contributed by atoms with Gasteiger partial charge in [0.05, 0.1) is 12.2 Å². The average molecular weight is 337 g/mol. The molecule has 0 unspecified atom stereocenters. The van der Waals surface area contributed by atoms with Crippen molar-refractivity contribution in [1.82, 2.24) is 19.7 Å². The Labute approximate surface area is 146 Å². The summed E-state index contributed by atoms with van der Waals surface area (Å²) in [5.74, 6) is 2.70. The van der Waals surface area contributed by atoms with Gasteiger partial charge in [0.1, 0.15) is 12.1 Å². The first-order chi connectivity index (χ1) is 12.3. The van der Waals surface area contributed by atoms with Gasteiger partial charge in [0.2, 0.25) is 0 Å². The van der Waals surface area contributed by atoms with Crippen LogP contribution in [0.2, 0.25) is 0 Å². The lowest BCUT2D eigenvalue weighted by Gasteiger charge is -2.40. The molecule has 6 heteroatoms. The SMILES string of the molecule is O=c1ccc(C2CC2)nn1CC1CN(c2cc(C3CCC3)ncn2)C1. The molecule has 5 rings (SSSR count). The molecule has 0 spiro atoms. The van der Waals surface area contributed by atoms with E-state index >= 15 is 0 Å². The predicted molar refractivity (Wildman–Crippen MR) is 94.8 cm³/mol. The summed E-state index contributed by atoms with van der Waals surface area (Å²) in [5.41, 5.74) is 2.28. The van der Waals surface area contributed by atoms with E-state index in [9.17, 15) is 4.79 Å². The summed E-state index contributed by atoms with van der Waals surface area (Å²) in [4.78, 5) is 23.2. The lowest BCUT2D eigenvalue weighted by Crippen LogP contribution is -2.50. The molecule has 3 fully saturated rings. The summed E-state index contributed by atoms with van der Waals surface area (Å²) in [7, 11) is 0. The standard InChI is InChI=1S/C19H23N5O/c25-19-7-6-16(15-4-5-15)22-24(19)11-13-9-23(10-13)18-8-17(20-12-21-18)14-2-1-3-14/h6-8,12-15H,1-5,9-11H2. The Morgan fingerprint density at radius 1 is 1.00 bits per heavy atom. The summed E-state index contributed by atoms with van der Waals surface area (Å²) in [5, 5.41) is 4.57. The maximum absolute atomic E-state index is 12.1. The highest BCUT2D eigenvalue weighted by molar-refractivity contribution is 5.42. The van der Waals surface area contributed by atoms with Crippen molar-refractivity contribution >= 4 is 5.82 Å². The Hall–Kier alpha value is -2.24. The minimum absolute atomic E-state index is 0.0113. The lowest BCUT2D eigenvalue weighted by molar-refractivity contribution is 0.330. The molecule has 2 aliphatic carbocycles. The zero-order valence-electron chi connectivity index (χ0n) is 14.3. The molecule has 0 amide bonds. The Bertz CT molecular complexity index is 834. The Morgan fingerprint density at radius 3 is 2.52 bits per heavy atom. The van der Waals surface area contributed by atoms with Crippen LogP contribution in [0.5, 0.6) is 0 Å². The summed E-state index contributed by atoms with van der Waals surface area (Å²) in [6.07, 6.45) is 7.94. The molecule has 0 radical (unpaired) electrons. The van der Waals surface area contributed by atoms with E-state index in [0.717, 1.165) is 24.6 Å². The van der Waals surface area contributed by atoms with Crippen molar-refractivity contribution < 1.29 is 0 Å². The molecule has 130 valence electrons. The predicted octanol–water partition coefficient (Wildman–Crippen LogP) is 2.31. The highest BCUT2D eigenvalue weighted by Crippen LogP contribution is 2.38. The first-order valence-corrected chi connectivity index (χ1v) is 9.41. The molecule has 25 heavy (non-hydrogen) atoms.